The molecule has 168 valence electrons. The Bertz CT molecular complexity index is 1210. The molecule has 3 aromatic rings. The summed E-state index contributed by atoms with van der Waals surface area (Å²) in [7, 11) is 0. The Hall–Kier alpha value is -3.64. The van der Waals surface area contributed by atoms with E-state index in [1.807, 2.05) is 31.2 Å². The number of halogens is 1. The van der Waals surface area contributed by atoms with Gasteiger partial charge in [0, 0.05) is 19.5 Å². The number of anilines is 2. The van der Waals surface area contributed by atoms with Gasteiger partial charge in [0.05, 0.1) is 27.9 Å². The zero-order chi connectivity index (χ0) is 23.4. The number of para-hydroxylation sites is 2. The molecule has 1 saturated heterocycles. The van der Waals surface area contributed by atoms with Crippen LogP contribution in [0.15, 0.2) is 72.8 Å². The summed E-state index contributed by atoms with van der Waals surface area (Å²) in [4.78, 5) is 39.9. The van der Waals surface area contributed by atoms with Crippen LogP contribution in [0.2, 0.25) is 5.02 Å². The van der Waals surface area contributed by atoms with Gasteiger partial charge in [-0.1, -0.05) is 60.1 Å². The van der Waals surface area contributed by atoms with Crippen molar-refractivity contribution in [3.05, 3.63) is 94.5 Å². The van der Waals surface area contributed by atoms with Gasteiger partial charge in [0.15, 0.2) is 0 Å². The van der Waals surface area contributed by atoms with E-state index in [0.29, 0.717) is 28.5 Å². The highest BCUT2D eigenvalue weighted by molar-refractivity contribution is 6.34. The van der Waals surface area contributed by atoms with Crippen molar-refractivity contribution in [2.45, 2.75) is 19.9 Å². The molecule has 0 spiro atoms. The Balaban J connectivity index is 1.44. The van der Waals surface area contributed by atoms with Crippen molar-refractivity contribution >= 4 is 40.7 Å². The number of aryl methyl sites for hydroxylation is 1. The second-order valence-corrected chi connectivity index (χ2v) is 8.41. The van der Waals surface area contributed by atoms with Gasteiger partial charge in [0.2, 0.25) is 11.8 Å². The summed E-state index contributed by atoms with van der Waals surface area (Å²) in [5, 5.41) is 6.21. The number of nitrogens with zero attached hydrogens (tertiary/aromatic N) is 1. The lowest BCUT2D eigenvalue weighted by Crippen LogP contribution is -2.29. The molecule has 0 unspecified atom stereocenters. The molecule has 1 heterocycles. The van der Waals surface area contributed by atoms with Gasteiger partial charge < -0.3 is 15.5 Å². The van der Waals surface area contributed by atoms with Crippen molar-refractivity contribution in [1.29, 1.82) is 0 Å². The van der Waals surface area contributed by atoms with Crippen molar-refractivity contribution in [2.75, 3.05) is 16.8 Å². The first-order chi connectivity index (χ1) is 15.9. The molecular formula is C26H24ClN3O3. The molecule has 4 rings (SSSR count). The Morgan fingerprint density at radius 3 is 2.48 bits per heavy atom. The Kier molecular flexibility index (Phi) is 6.75. The molecule has 0 saturated carbocycles. The molecule has 3 aromatic carbocycles. The Morgan fingerprint density at radius 2 is 1.70 bits per heavy atom. The van der Waals surface area contributed by atoms with E-state index in [4.69, 9.17) is 11.6 Å². The lowest BCUT2D eigenvalue weighted by molar-refractivity contribution is -0.122. The standard InChI is InChI=1S/C26H24ClN3O3/c1-17-8-2-3-9-18(17)15-28-26(33)20-10-4-6-12-22(20)29-25(32)19-14-24(31)30(16-19)23-13-7-5-11-21(23)27/h2-13,19H,14-16H2,1H3,(H,28,33)(H,29,32)/t19-/m0/s1. The predicted octanol–water partition coefficient (Wildman–Crippen LogP) is 4.57. The molecule has 7 heteroatoms. The number of rotatable bonds is 6. The molecule has 2 N–H and O–H groups in total. The average molecular weight is 462 g/mol. The van der Waals surface area contributed by atoms with Crippen LogP contribution in [0, 0.1) is 12.8 Å². The maximum atomic E-state index is 13.0. The maximum absolute atomic E-state index is 13.0. The van der Waals surface area contributed by atoms with E-state index in [9.17, 15) is 14.4 Å². The number of carbonyl (C=O) groups is 3. The fraction of sp³-hybridized carbons (Fsp3) is 0.192. The van der Waals surface area contributed by atoms with Gasteiger partial charge in [0.1, 0.15) is 0 Å². The molecule has 0 bridgehead atoms. The quantitative estimate of drug-likeness (QED) is 0.564. The van der Waals surface area contributed by atoms with Gasteiger partial charge in [-0.25, -0.2) is 0 Å². The summed E-state index contributed by atoms with van der Waals surface area (Å²) >= 11 is 6.23. The van der Waals surface area contributed by atoms with E-state index in [1.54, 1.807) is 48.5 Å². The number of amides is 3. The normalized spacial score (nSPS) is 15.4. The van der Waals surface area contributed by atoms with Gasteiger partial charge in [-0.05, 0) is 42.3 Å². The smallest absolute Gasteiger partial charge is 0.253 e. The van der Waals surface area contributed by atoms with Crippen LogP contribution in [0.5, 0.6) is 0 Å². The van der Waals surface area contributed by atoms with Crippen molar-refractivity contribution in [3.8, 4) is 0 Å². The molecule has 1 fully saturated rings. The third-order valence-electron chi connectivity index (χ3n) is 5.77. The average Bonchev–Trinajstić information content (AvgIpc) is 3.20. The lowest BCUT2D eigenvalue weighted by atomic mass is 10.1. The largest absolute Gasteiger partial charge is 0.348 e. The molecular weight excluding hydrogens is 438 g/mol. The van der Waals surface area contributed by atoms with Crippen LogP contribution in [0.1, 0.15) is 27.9 Å². The summed E-state index contributed by atoms with van der Waals surface area (Å²) < 4.78 is 0. The molecule has 33 heavy (non-hydrogen) atoms. The zero-order valence-corrected chi connectivity index (χ0v) is 18.9. The molecule has 1 aliphatic heterocycles. The molecule has 3 amide bonds. The highest BCUT2D eigenvalue weighted by Crippen LogP contribution is 2.31. The fourth-order valence-corrected chi connectivity index (χ4v) is 4.13. The predicted molar refractivity (Wildman–Crippen MR) is 129 cm³/mol. The zero-order valence-electron chi connectivity index (χ0n) is 18.2. The number of hydrogen-bond donors (Lipinski definition) is 2. The van der Waals surface area contributed by atoms with Gasteiger partial charge in [-0.3, -0.25) is 14.4 Å². The summed E-state index contributed by atoms with van der Waals surface area (Å²) in [5.41, 5.74) is 3.49. The third-order valence-corrected chi connectivity index (χ3v) is 6.09. The van der Waals surface area contributed by atoms with Gasteiger partial charge in [0.25, 0.3) is 5.91 Å². The summed E-state index contributed by atoms with van der Waals surface area (Å²) in [5.74, 6) is -1.30. The first-order valence-electron chi connectivity index (χ1n) is 10.7. The number of benzene rings is 3. The highest BCUT2D eigenvalue weighted by atomic mass is 35.5. The molecule has 0 aliphatic carbocycles. The second kappa shape index (κ2) is 9.88. The fourth-order valence-electron chi connectivity index (χ4n) is 3.89. The minimum Gasteiger partial charge on any atom is -0.348 e. The maximum Gasteiger partial charge on any atom is 0.253 e. The van der Waals surface area contributed by atoms with Crippen molar-refractivity contribution in [1.82, 2.24) is 5.32 Å². The van der Waals surface area contributed by atoms with Crippen LogP contribution in [0.25, 0.3) is 0 Å². The van der Waals surface area contributed by atoms with E-state index >= 15 is 0 Å². The first-order valence-corrected chi connectivity index (χ1v) is 11.1. The van der Waals surface area contributed by atoms with Gasteiger partial charge in [-0.2, -0.15) is 0 Å². The van der Waals surface area contributed by atoms with E-state index in [2.05, 4.69) is 10.6 Å². The van der Waals surface area contributed by atoms with Crippen LogP contribution in [0.3, 0.4) is 0 Å². The minimum atomic E-state index is -0.545. The molecule has 0 radical (unpaired) electrons. The van der Waals surface area contributed by atoms with Crippen LogP contribution < -0.4 is 15.5 Å². The Morgan fingerprint density at radius 1 is 1.00 bits per heavy atom. The molecule has 6 nitrogen and oxygen atoms in total. The number of nitrogens with one attached hydrogen (secondary N) is 2. The van der Waals surface area contributed by atoms with Crippen LogP contribution in [0.4, 0.5) is 11.4 Å². The van der Waals surface area contributed by atoms with Crippen LogP contribution >= 0.6 is 11.6 Å². The monoisotopic (exact) mass is 461 g/mol. The van der Waals surface area contributed by atoms with Crippen LogP contribution in [-0.4, -0.2) is 24.3 Å². The second-order valence-electron chi connectivity index (χ2n) is 8.00. The van der Waals surface area contributed by atoms with Crippen molar-refractivity contribution in [3.63, 3.8) is 0 Å². The highest BCUT2D eigenvalue weighted by Gasteiger charge is 2.36. The van der Waals surface area contributed by atoms with Crippen molar-refractivity contribution < 1.29 is 14.4 Å². The van der Waals surface area contributed by atoms with Crippen LogP contribution in [-0.2, 0) is 16.1 Å². The number of hydrogen-bond acceptors (Lipinski definition) is 3. The Labute approximate surface area is 197 Å². The third kappa shape index (κ3) is 5.07. The van der Waals surface area contributed by atoms with E-state index in [-0.39, 0.29) is 30.7 Å². The molecule has 1 atom stereocenters. The van der Waals surface area contributed by atoms with Crippen molar-refractivity contribution in [2.24, 2.45) is 5.92 Å². The number of carbonyl (C=O) groups excluding carboxylic acids is 3. The first kappa shape index (κ1) is 22.6. The summed E-state index contributed by atoms with van der Waals surface area (Å²) in [6.07, 6.45) is 0.0820. The van der Waals surface area contributed by atoms with E-state index in [0.717, 1.165) is 11.1 Å². The SMILES string of the molecule is Cc1ccccc1CNC(=O)c1ccccc1NC(=O)[C@H]1CC(=O)N(c2ccccc2Cl)C1. The van der Waals surface area contributed by atoms with Gasteiger partial charge in [-0.15, -0.1) is 0 Å². The molecule has 0 aromatic heterocycles. The lowest BCUT2D eigenvalue weighted by Gasteiger charge is -2.18. The van der Waals surface area contributed by atoms with E-state index in [1.165, 1.54) is 4.90 Å². The minimum absolute atomic E-state index is 0.0820. The molecule has 1 aliphatic rings. The summed E-state index contributed by atoms with van der Waals surface area (Å²) in [6, 6.07) is 21.7. The van der Waals surface area contributed by atoms with Gasteiger partial charge >= 0.3 is 0 Å². The van der Waals surface area contributed by atoms with E-state index < -0.39 is 5.92 Å². The summed E-state index contributed by atoms with van der Waals surface area (Å²) in [6.45, 7) is 2.61. The topological polar surface area (TPSA) is 78.5 Å².